The molecule has 0 bridgehead atoms. The third-order valence-electron chi connectivity index (χ3n) is 5.37. The smallest absolute Gasteiger partial charge is 0.251 e. The fourth-order valence-corrected chi connectivity index (χ4v) is 3.91. The van der Waals surface area contributed by atoms with E-state index >= 15 is 0 Å². The van der Waals surface area contributed by atoms with Crippen molar-refractivity contribution in [1.29, 1.82) is 0 Å². The van der Waals surface area contributed by atoms with Gasteiger partial charge in [0.2, 0.25) is 5.91 Å². The molecular formula is C22H26FN3O2. The molecule has 3 rings (SSSR count). The van der Waals surface area contributed by atoms with Crippen molar-refractivity contribution in [2.24, 2.45) is 11.8 Å². The highest BCUT2D eigenvalue weighted by molar-refractivity contribution is 5.94. The summed E-state index contributed by atoms with van der Waals surface area (Å²) in [6, 6.07) is 11.4. The summed E-state index contributed by atoms with van der Waals surface area (Å²) in [5.41, 5.74) is 1.23. The van der Waals surface area contributed by atoms with Crippen molar-refractivity contribution in [2.75, 3.05) is 6.54 Å². The molecule has 1 aromatic heterocycles. The first-order valence-electron chi connectivity index (χ1n) is 9.74. The van der Waals surface area contributed by atoms with Crippen molar-refractivity contribution in [1.82, 2.24) is 15.6 Å². The number of pyridine rings is 1. The summed E-state index contributed by atoms with van der Waals surface area (Å²) in [6.07, 6.45) is 5.61. The Kier molecular flexibility index (Phi) is 6.74. The molecule has 2 N–H and O–H groups in total. The van der Waals surface area contributed by atoms with Crippen LogP contribution in [-0.2, 0) is 4.79 Å². The quantitative estimate of drug-likeness (QED) is 0.800. The standard InChI is InChI=1S/C22H26FN3O2/c1-15(27)26-21(20-7-2-3-12-24-20)17-10-8-16(9-11-17)14-25-22(28)18-5-4-6-19(23)13-18/h2-7,12-13,16-17,21H,8-11,14H2,1H3,(H,25,28)(H,26,27)/t16?,17?,21-/m1/s1. The van der Waals surface area contributed by atoms with E-state index in [9.17, 15) is 14.0 Å². The Morgan fingerprint density at radius 1 is 1.14 bits per heavy atom. The Balaban J connectivity index is 1.53. The number of hydrogen-bond acceptors (Lipinski definition) is 3. The Bertz CT molecular complexity index is 804. The molecule has 1 fully saturated rings. The largest absolute Gasteiger partial charge is 0.352 e. The van der Waals surface area contributed by atoms with Gasteiger partial charge in [-0.05, 0) is 67.9 Å². The summed E-state index contributed by atoms with van der Waals surface area (Å²) in [5.74, 6) is 0.00231. The molecule has 1 saturated carbocycles. The van der Waals surface area contributed by atoms with Crippen molar-refractivity contribution in [3.8, 4) is 0 Å². The van der Waals surface area contributed by atoms with E-state index < -0.39 is 5.82 Å². The number of halogens is 1. The van der Waals surface area contributed by atoms with E-state index in [2.05, 4.69) is 15.6 Å². The average Bonchev–Trinajstić information content (AvgIpc) is 2.71. The van der Waals surface area contributed by atoms with Gasteiger partial charge in [0.1, 0.15) is 5.82 Å². The number of nitrogens with zero attached hydrogens (tertiary/aromatic N) is 1. The lowest BCUT2D eigenvalue weighted by Crippen LogP contribution is -2.36. The minimum Gasteiger partial charge on any atom is -0.352 e. The maximum Gasteiger partial charge on any atom is 0.251 e. The van der Waals surface area contributed by atoms with E-state index in [0.717, 1.165) is 31.4 Å². The van der Waals surface area contributed by atoms with Crippen LogP contribution >= 0.6 is 0 Å². The molecule has 0 aliphatic heterocycles. The van der Waals surface area contributed by atoms with Gasteiger partial charge in [-0.15, -0.1) is 0 Å². The van der Waals surface area contributed by atoms with Crippen LogP contribution in [0.25, 0.3) is 0 Å². The van der Waals surface area contributed by atoms with Crippen molar-refractivity contribution in [3.63, 3.8) is 0 Å². The minimum atomic E-state index is -0.410. The molecule has 28 heavy (non-hydrogen) atoms. The van der Waals surface area contributed by atoms with Gasteiger partial charge in [0, 0.05) is 25.2 Å². The number of hydrogen-bond donors (Lipinski definition) is 2. The highest BCUT2D eigenvalue weighted by atomic mass is 19.1. The van der Waals surface area contributed by atoms with Crippen molar-refractivity contribution in [3.05, 3.63) is 65.7 Å². The third-order valence-corrected chi connectivity index (χ3v) is 5.37. The van der Waals surface area contributed by atoms with Crippen molar-refractivity contribution in [2.45, 2.75) is 38.6 Å². The lowest BCUT2D eigenvalue weighted by Gasteiger charge is -2.34. The summed E-state index contributed by atoms with van der Waals surface area (Å²) in [7, 11) is 0. The molecular weight excluding hydrogens is 357 g/mol. The van der Waals surface area contributed by atoms with Gasteiger partial charge in [-0.25, -0.2) is 4.39 Å². The highest BCUT2D eigenvalue weighted by Gasteiger charge is 2.30. The fraction of sp³-hybridized carbons (Fsp3) is 0.409. The molecule has 1 aromatic carbocycles. The van der Waals surface area contributed by atoms with Gasteiger partial charge in [-0.1, -0.05) is 12.1 Å². The average molecular weight is 383 g/mol. The third kappa shape index (κ3) is 5.38. The van der Waals surface area contributed by atoms with E-state index in [1.165, 1.54) is 25.1 Å². The van der Waals surface area contributed by atoms with Crippen molar-refractivity contribution < 1.29 is 14.0 Å². The first kappa shape index (κ1) is 20.0. The number of aromatic nitrogens is 1. The second kappa shape index (κ2) is 9.44. The van der Waals surface area contributed by atoms with Crippen LogP contribution in [-0.4, -0.2) is 23.3 Å². The Labute approximate surface area is 164 Å². The number of nitrogens with one attached hydrogen (secondary N) is 2. The molecule has 0 spiro atoms. The lowest BCUT2D eigenvalue weighted by molar-refractivity contribution is -0.120. The normalized spacial score (nSPS) is 20.2. The Morgan fingerprint density at radius 3 is 2.57 bits per heavy atom. The zero-order chi connectivity index (χ0) is 19.9. The van der Waals surface area contributed by atoms with E-state index in [4.69, 9.17) is 0 Å². The number of carbonyl (C=O) groups excluding carboxylic acids is 2. The molecule has 2 amide bonds. The molecule has 1 aliphatic rings. The van der Waals surface area contributed by atoms with Gasteiger partial charge in [-0.2, -0.15) is 0 Å². The first-order valence-corrected chi connectivity index (χ1v) is 9.74. The van der Waals surface area contributed by atoms with Crippen LogP contribution in [0, 0.1) is 17.7 Å². The predicted molar refractivity (Wildman–Crippen MR) is 105 cm³/mol. The summed E-state index contributed by atoms with van der Waals surface area (Å²) < 4.78 is 13.3. The maximum atomic E-state index is 13.3. The molecule has 2 aromatic rings. The molecule has 6 heteroatoms. The van der Waals surface area contributed by atoms with E-state index in [1.54, 1.807) is 12.3 Å². The number of rotatable bonds is 6. The summed E-state index contributed by atoms with van der Waals surface area (Å²) in [6.45, 7) is 2.11. The van der Waals surface area contributed by atoms with Crippen LogP contribution in [0.3, 0.4) is 0 Å². The molecule has 1 atom stereocenters. The lowest BCUT2D eigenvalue weighted by atomic mass is 9.77. The van der Waals surface area contributed by atoms with Gasteiger partial charge in [0.15, 0.2) is 0 Å². The number of carbonyl (C=O) groups is 2. The maximum absolute atomic E-state index is 13.3. The number of amides is 2. The van der Waals surface area contributed by atoms with Gasteiger partial charge in [-0.3, -0.25) is 14.6 Å². The van der Waals surface area contributed by atoms with Crippen molar-refractivity contribution >= 4 is 11.8 Å². The number of benzene rings is 1. The molecule has 1 heterocycles. The van der Waals surface area contributed by atoms with Gasteiger partial charge >= 0.3 is 0 Å². The Hall–Kier alpha value is -2.76. The first-order chi connectivity index (χ1) is 13.5. The second-order valence-electron chi connectivity index (χ2n) is 7.43. The van der Waals surface area contributed by atoms with E-state index in [0.29, 0.717) is 23.9 Å². The second-order valence-corrected chi connectivity index (χ2v) is 7.43. The van der Waals surface area contributed by atoms with Crippen LogP contribution in [0.5, 0.6) is 0 Å². The monoisotopic (exact) mass is 383 g/mol. The molecule has 0 saturated heterocycles. The van der Waals surface area contributed by atoms with Crippen LogP contribution in [0.15, 0.2) is 48.7 Å². The van der Waals surface area contributed by atoms with Crippen LogP contribution < -0.4 is 10.6 Å². The van der Waals surface area contributed by atoms with Crippen LogP contribution in [0.4, 0.5) is 4.39 Å². The zero-order valence-electron chi connectivity index (χ0n) is 16.0. The molecule has 1 aliphatic carbocycles. The van der Waals surface area contributed by atoms with Gasteiger partial charge < -0.3 is 10.6 Å². The minimum absolute atomic E-state index is 0.0554. The molecule has 5 nitrogen and oxygen atoms in total. The summed E-state index contributed by atoms with van der Waals surface area (Å²) >= 11 is 0. The molecule has 148 valence electrons. The van der Waals surface area contributed by atoms with Crippen LogP contribution in [0.1, 0.15) is 54.7 Å². The highest BCUT2D eigenvalue weighted by Crippen LogP contribution is 2.36. The topological polar surface area (TPSA) is 71.1 Å². The van der Waals surface area contributed by atoms with E-state index in [-0.39, 0.29) is 17.9 Å². The van der Waals surface area contributed by atoms with Crippen LogP contribution in [0.2, 0.25) is 0 Å². The van der Waals surface area contributed by atoms with Gasteiger partial charge in [0.25, 0.3) is 5.91 Å². The van der Waals surface area contributed by atoms with Gasteiger partial charge in [0.05, 0.1) is 11.7 Å². The zero-order valence-corrected chi connectivity index (χ0v) is 16.0. The molecule has 0 unspecified atom stereocenters. The fourth-order valence-electron chi connectivity index (χ4n) is 3.91. The molecule has 0 radical (unpaired) electrons. The summed E-state index contributed by atoms with van der Waals surface area (Å²) in [5, 5.41) is 5.97. The Morgan fingerprint density at radius 2 is 1.93 bits per heavy atom. The SMILES string of the molecule is CC(=O)N[C@@H](c1ccccn1)C1CCC(CNC(=O)c2cccc(F)c2)CC1. The summed E-state index contributed by atoms with van der Waals surface area (Å²) in [4.78, 5) is 28.3. The van der Waals surface area contributed by atoms with E-state index in [1.807, 2.05) is 18.2 Å². The predicted octanol–water partition coefficient (Wildman–Crippen LogP) is 3.63.